The number of halogens is 1. The van der Waals surface area contributed by atoms with Crippen molar-refractivity contribution in [1.82, 2.24) is 10.2 Å². The summed E-state index contributed by atoms with van der Waals surface area (Å²) in [5.74, 6) is -1.72. The van der Waals surface area contributed by atoms with Crippen LogP contribution in [0.3, 0.4) is 0 Å². The first kappa shape index (κ1) is 25.3. The lowest BCUT2D eigenvalue weighted by atomic mass is 10.1. The number of benzene rings is 2. The number of carbonyl (C=O) groups excluding carboxylic acids is 2. The van der Waals surface area contributed by atoms with E-state index >= 15 is 0 Å². The van der Waals surface area contributed by atoms with Crippen LogP contribution in [-0.2, 0) is 26.2 Å². The molecule has 0 aliphatic heterocycles. The van der Waals surface area contributed by atoms with Crippen molar-refractivity contribution in [2.75, 3.05) is 23.7 Å². The Hall–Kier alpha value is -2.94. The highest BCUT2D eigenvalue weighted by atomic mass is 32.2. The number of hydrogen-bond donors (Lipinski definition) is 1. The molecule has 174 valence electrons. The maximum atomic E-state index is 14.3. The zero-order valence-electron chi connectivity index (χ0n) is 18.8. The Morgan fingerprint density at radius 1 is 1.09 bits per heavy atom. The fraction of sp³-hybridized carbons (Fsp3) is 0.391. The molecule has 0 aliphatic rings. The van der Waals surface area contributed by atoms with Gasteiger partial charge in [-0.1, -0.05) is 48.9 Å². The minimum atomic E-state index is -3.96. The van der Waals surface area contributed by atoms with Crippen LogP contribution in [0.15, 0.2) is 48.5 Å². The summed E-state index contributed by atoms with van der Waals surface area (Å²) in [5.41, 5.74) is 1.61. The van der Waals surface area contributed by atoms with E-state index in [1.807, 2.05) is 38.1 Å². The van der Waals surface area contributed by atoms with Crippen molar-refractivity contribution in [2.45, 2.75) is 39.8 Å². The Labute approximate surface area is 189 Å². The Bertz CT molecular complexity index is 1040. The summed E-state index contributed by atoms with van der Waals surface area (Å²) in [4.78, 5) is 27.2. The van der Waals surface area contributed by atoms with Crippen LogP contribution in [-0.4, -0.2) is 50.5 Å². The Morgan fingerprint density at radius 2 is 1.72 bits per heavy atom. The molecule has 0 radical (unpaired) electrons. The molecule has 0 unspecified atom stereocenters. The number of sulfonamides is 1. The summed E-state index contributed by atoms with van der Waals surface area (Å²) < 4.78 is 39.8. The monoisotopic (exact) mass is 463 g/mol. The molecule has 0 spiro atoms. The van der Waals surface area contributed by atoms with Crippen molar-refractivity contribution in [2.24, 2.45) is 0 Å². The average Bonchev–Trinajstić information content (AvgIpc) is 2.74. The third kappa shape index (κ3) is 6.78. The Morgan fingerprint density at radius 3 is 2.28 bits per heavy atom. The zero-order chi connectivity index (χ0) is 23.9. The lowest BCUT2D eigenvalue weighted by molar-refractivity contribution is -0.139. The van der Waals surface area contributed by atoms with Gasteiger partial charge in [-0.25, -0.2) is 12.8 Å². The van der Waals surface area contributed by atoms with Gasteiger partial charge in [-0.05, 0) is 38.0 Å². The van der Waals surface area contributed by atoms with Crippen LogP contribution in [0.25, 0.3) is 0 Å². The summed E-state index contributed by atoms with van der Waals surface area (Å²) in [6.07, 6.45) is 1.65. The highest BCUT2D eigenvalue weighted by Crippen LogP contribution is 2.22. The zero-order valence-corrected chi connectivity index (χ0v) is 19.7. The maximum Gasteiger partial charge on any atom is 0.244 e. The van der Waals surface area contributed by atoms with Gasteiger partial charge >= 0.3 is 0 Å². The van der Waals surface area contributed by atoms with Crippen molar-refractivity contribution in [3.63, 3.8) is 0 Å². The summed E-state index contributed by atoms with van der Waals surface area (Å²) >= 11 is 0. The molecule has 0 aromatic heterocycles. The number of para-hydroxylation sites is 1. The second-order valence-electron chi connectivity index (χ2n) is 7.70. The average molecular weight is 464 g/mol. The van der Waals surface area contributed by atoms with E-state index in [0.29, 0.717) is 6.54 Å². The van der Waals surface area contributed by atoms with Gasteiger partial charge in [-0.3, -0.25) is 13.9 Å². The van der Waals surface area contributed by atoms with Gasteiger partial charge in [0, 0.05) is 13.1 Å². The van der Waals surface area contributed by atoms with Crippen LogP contribution in [0, 0.1) is 12.7 Å². The topological polar surface area (TPSA) is 86.8 Å². The minimum Gasteiger partial charge on any atom is -0.354 e. The fourth-order valence-corrected chi connectivity index (χ4v) is 3.97. The summed E-state index contributed by atoms with van der Waals surface area (Å²) in [5, 5.41) is 2.76. The van der Waals surface area contributed by atoms with Gasteiger partial charge in [-0.15, -0.1) is 0 Å². The van der Waals surface area contributed by atoms with Crippen LogP contribution in [0.5, 0.6) is 0 Å². The molecular formula is C23H30FN3O4S. The molecule has 7 nitrogen and oxygen atoms in total. The number of hydrogen-bond acceptors (Lipinski definition) is 4. The summed E-state index contributed by atoms with van der Waals surface area (Å²) in [7, 11) is -3.96. The minimum absolute atomic E-state index is 0.106. The predicted octanol–water partition coefficient (Wildman–Crippen LogP) is 2.84. The summed E-state index contributed by atoms with van der Waals surface area (Å²) in [6, 6.07) is 12.0. The fourth-order valence-electron chi connectivity index (χ4n) is 3.12. The van der Waals surface area contributed by atoms with Crippen molar-refractivity contribution in [3.05, 3.63) is 65.5 Å². The van der Waals surface area contributed by atoms with Crippen molar-refractivity contribution >= 4 is 27.5 Å². The third-order valence-corrected chi connectivity index (χ3v) is 6.12. The highest BCUT2D eigenvalue weighted by molar-refractivity contribution is 7.92. The van der Waals surface area contributed by atoms with Gasteiger partial charge in [0.05, 0.1) is 11.9 Å². The molecule has 0 saturated heterocycles. The first-order chi connectivity index (χ1) is 15.0. The van der Waals surface area contributed by atoms with E-state index in [0.717, 1.165) is 34.2 Å². The first-order valence-electron chi connectivity index (χ1n) is 10.4. The molecule has 2 aromatic rings. The van der Waals surface area contributed by atoms with Crippen LogP contribution in [0.1, 0.15) is 31.4 Å². The molecule has 2 aromatic carbocycles. The molecule has 1 atom stereocenters. The quantitative estimate of drug-likeness (QED) is 0.587. The number of rotatable bonds is 10. The molecule has 0 aliphatic carbocycles. The second-order valence-corrected chi connectivity index (χ2v) is 9.60. The van der Waals surface area contributed by atoms with Gasteiger partial charge in [0.25, 0.3) is 0 Å². The van der Waals surface area contributed by atoms with Gasteiger partial charge in [0.15, 0.2) is 0 Å². The largest absolute Gasteiger partial charge is 0.354 e. The number of aryl methyl sites for hydroxylation is 1. The lowest BCUT2D eigenvalue weighted by Crippen LogP contribution is -2.51. The van der Waals surface area contributed by atoms with Crippen LogP contribution >= 0.6 is 0 Å². The van der Waals surface area contributed by atoms with E-state index < -0.39 is 34.3 Å². The van der Waals surface area contributed by atoms with Gasteiger partial charge in [0.2, 0.25) is 21.8 Å². The number of amides is 2. The van der Waals surface area contributed by atoms with Gasteiger partial charge in [-0.2, -0.15) is 0 Å². The SMILES string of the molecule is CCCNC(=O)[C@H](C)N(Cc1ccc(C)cc1)C(=O)CN(c1ccccc1F)S(C)(=O)=O. The maximum absolute atomic E-state index is 14.3. The standard InChI is InChI=1S/C23H30FN3O4S/c1-5-14-25-23(29)18(3)26(15-19-12-10-17(2)11-13-19)22(28)16-27(32(4,30)31)21-9-7-6-8-20(21)24/h6-13,18H,5,14-16H2,1-4H3,(H,25,29)/t18-/m0/s1. The predicted molar refractivity (Wildman–Crippen MR) is 123 cm³/mol. The number of anilines is 1. The van der Waals surface area contributed by atoms with E-state index in [1.165, 1.54) is 23.1 Å². The third-order valence-electron chi connectivity index (χ3n) is 4.99. The second kappa shape index (κ2) is 11.1. The van der Waals surface area contributed by atoms with E-state index in [4.69, 9.17) is 0 Å². The van der Waals surface area contributed by atoms with Crippen LogP contribution in [0.2, 0.25) is 0 Å². The molecular weight excluding hydrogens is 433 g/mol. The van der Waals surface area contributed by atoms with Crippen molar-refractivity contribution in [1.29, 1.82) is 0 Å². The normalized spacial score (nSPS) is 12.2. The molecule has 1 N–H and O–H groups in total. The first-order valence-corrected chi connectivity index (χ1v) is 12.2. The molecule has 0 saturated carbocycles. The van der Waals surface area contributed by atoms with Gasteiger partial charge < -0.3 is 10.2 Å². The molecule has 32 heavy (non-hydrogen) atoms. The number of carbonyl (C=O) groups is 2. The van der Waals surface area contributed by atoms with Gasteiger partial charge in [0.1, 0.15) is 18.4 Å². The van der Waals surface area contributed by atoms with E-state index in [9.17, 15) is 22.4 Å². The molecule has 2 rings (SSSR count). The molecule has 0 bridgehead atoms. The van der Waals surface area contributed by atoms with Crippen molar-refractivity contribution < 1.29 is 22.4 Å². The molecule has 0 fully saturated rings. The van der Waals surface area contributed by atoms with Crippen molar-refractivity contribution in [3.8, 4) is 0 Å². The number of nitrogens with one attached hydrogen (secondary N) is 1. The summed E-state index contributed by atoms with van der Waals surface area (Å²) in [6.45, 7) is 5.38. The van der Waals surface area contributed by atoms with E-state index in [2.05, 4.69) is 5.32 Å². The van der Waals surface area contributed by atoms with Crippen LogP contribution < -0.4 is 9.62 Å². The lowest BCUT2D eigenvalue weighted by Gasteiger charge is -2.31. The number of nitrogens with zero attached hydrogens (tertiary/aromatic N) is 2. The molecule has 9 heteroatoms. The molecule has 0 heterocycles. The molecule has 2 amide bonds. The Balaban J connectivity index is 2.37. The van der Waals surface area contributed by atoms with Crippen LogP contribution in [0.4, 0.5) is 10.1 Å². The Kier molecular flexibility index (Phi) is 8.77. The smallest absolute Gasteiger partial charge is 0.244 e. The highest BCUT2D eigenvalue weighted by Gasteiger charge is 2.30. The van der Waals surface area contributed by atoms with E-state index in [-0.39, 0.29) is 18.1 Å². The van der Waals surface area contributed by atoms with E-state index in [1.54, 1.807) is 6.92 Å².